The lowest BCUT2D eigenvalue weighted by atomic mass is 10.1. The van der Waals surface area contributed by atoms with Gasteiger partial charge in [-0.2, -0.15) is 5.10 Å². The standard InChI is InChI=1S/C24H21BrCl2N2O3/c1-2-31-22-12-18(14-28-29-23(30)13-16-3-7-19(25)8-4-16)11-21(27)24(22)32-15-17-5-9-20(26)10-6-17/h3-12,14H,2,13,15H2,1H3,(H,29,30)/b28-14-. The van der Waals surface area contributed by atoms with Crippen LogP contribution in [0.2, 0.25) is 10.0 Å². The van der Waals surface area contributed by atoms with E-state index in [4.69, 9.17) is 32.7 Å². The van der Waals surface area contributed by atoms with Crippen molar-refractivity contribution in [2.24, 2.45) is 5.10 Å². The third-order valence-electron chi connectivity index (χ3n) is 4.31. The van der Waals surface area contributed by atoms with Gasteiger partial charge in [-0.25, -0.2) is 5.43 Å². The molecule has 1 amide bonds. The van der Waals surface area contributed by atoms with Crippen LogP contribution in [-0.4, -0.2) is 18.7 Å². The van der Waals surface area contributed by atoms with Gasteiger partial charge in [0, 0.05) is 9.50 Å². The summed E-state index contributed by atoms with van der Waals surface area (Å²) >= 11 is 15.7. The molecule has 5 nitrogen and oxygen atoms in total. The highest BCUT2D eigenvalue weighted by Gasteiger charge is 2.13. The predicted molar refractivity (Wildman–Crippen MR) is 132 cm³/mol. The molecule has 0 aliphatic carbocycles. The first kappa shape index (κ1) is 24.1. The lowest BCUT2D eigenvalue weighted by molar-refractivity contribution is -0.120. The summed E-state index contributed by atoms with van der Waals surface area (Å²) < 4.78 is 12.6. The molecule has 0 bridgehead atoms. The smallest absolute Gasteiger partial charge is 0.244 e. The minimum atomic E-state index is -0.220. The SMILES string of the molecule is CCOc1cc(/C=N\NC(=O)Cc2ccc(Br)cc2)cc(Cl)c1OCc1ccc(Cl)cc1. The van der Waals surface area contributed by atoms with Gasteiger partial charge in [0.2, 0.25) is 5.91 Å². The number of benzene rings is 3. The van der Waals surface area contributed by atoms with Crippen LogP contribution in [-0.2, 0) is 17.8 Å². The van der Waals surface area contributed by atoms with Crippen LogP contribution >= 0.6 is 39.1 Å². The highest BCUT2D eigenvalue weighted by molar-refractivity contribution is 9.10. The molecule has 0 unspecified atom stereocenters. The molecule has 0 heterocycles. The van der Waals surface area contributed by atoms with Crippen molar-refractivity contribution in [1.29, 1.82) is 0 Å². The van der Waals surface area contributed by atoms with Crippen LogP contribution in [0.3, 0.4) is 0 Å². The number of amides is 1. The third-order valence-corrected chi connectivity index (χ3v) is 5.37. The van der Waals surface area contributed by atoms with Crippen LogP contribution in [0, 0.1) is 0 Å². The number of nitrogens with zero attached hydrogens (tertiary/aromatic N) is 1. The molecule has 0 spiro atoms. The van der Waals surface area contributed by atoms with Gasteiger partial charge in [-0.3, -0.25) is 4.79 Å². The largest absolute Gasteiger partial charge is 0.490 e. The normalized spacial score (nSPS) is 10.9. The number of hydrogen-bond donors (Lipinski definition) is 1. The minimum absolute atomic E-state index is 0.220. The van der Waals surface area contributed by atoms with E-state index < -0.39 is 0 Å². The first-order valence-electron chi connectivity index (χ1n) is 9.84. The molecule has 1 N–H and O–H groups in total. The summed E-state index contributed by atoms with van der Waals surface area (Å²) in [5, 5.41) is 5.07. The van der Waals surface area contributed by atoms with Crippen molar-refractivity contribution in [3.63, 3.8) is 0 Å². The van der Waals surface area contributed by atoms with E-state index >= 15 is 0 Å². The Hall–Kier alpha value is -2.54. The van der Waals surface area contributed by atoms with E-state index in [1.807, 2.05) is 43.3 Å². The van der Waals surface area contributed by atoms with Gasteiger partial charge in [0.15, 0.2) is 11.5 Å². The van der Waals surface area contributed by atoms with Gasteiger partial charge in [-0.1, -0.05) is 63.4 Å². The highest BCUT2D eigenvalue weighted by atomic mass is 79.9. The highest BCUT2D eigenvalue weighted by Crippen LogP contribution is 2.37. The molecule has 3 aromatic rings. The molecule has 0 radical (unpaired) electrons. The fourth-order valence-electron chi connectivity index (χ4n) is 2.81. The van der Waals surface area contributed by atoms with Crippen molar-refractivity contribution in [3.05, 3.63) is 91.9 Å². The molecule has 8 heteroatoms. The van der Waals surface area contributed by atoms with E-state index in [0.717, 1.165) is 15.6 Å². The van der Waals surface area contributed by atoms with E-state index in [1.165, 1.54) is 6.21 Å². The topological polar surface area (TPSA) is 59.9 Å². The Morgan fingerprint density at radius 3 is 2.41 bits per heavy atom. The van der Waals surface area contributed by atoms with Crippen molar-refractivity contribution in [2.45, 2.75) is 20.0 Å². The number of nitrogens with one attached hydrogen (secondary N) is 1. The van der Waals surface area contributed by atoms with Crippen LogP contribution in [0.15, 0.2) is 70.2 Å². The number of halogens is 3. The van der Waals surface area contributed by atoms with Crippen LogP contribution in [0.5, 0.6) is 11.5 Å². The van der Waals surface area contributed by atoms with Crippen LogP contribution in [0.25, 0.3) is 0 Å². The number of rotatable bonds is 9. The number of ether oxygens (including phenoxy) is 2. The summed E-state index contributed by atoms with van der Waals surface area (Å²) in [6.45, 7) is 2.63. The van der Waals surface area contributed by atoms with Gasteiger partial charge >= 0.3 is 0 Å². The van der Waals surface area contributed by atoms with E-state index in [2.05, 4.69) is 26.5 Å². The number of hydrogen-bond acceptors (Lipinski definition) is 4. The monoisotopic (exact) mass is 534 g/mol. The van der Waals surface area contributed by atoms with Gasteiger partial charge in [-0.15, -0.1) is 0 Å². The number of hydrazone groups is 1. The Kier molecular flexibility index (Phi) is 8.97. The maximum Gasteiger partial charge on any atom is 0.244 e. The minimum Gasteiger partial charge on any atom is -0.490 e. The summed E-state index contributed by atoms with van der Waals surface area (Å²) in [6, 6.07) is 18.4. The van der Waals surface area contributed by atoms with E-state index in [1.54, 1.807) is 24.3 Å². The molecule has 0 saturated heterocycles. The summed E-state index contributed by atoms with van der Waals surface area (Å²) in [5.41, 5.74) is 5.04. The molecular weight excluding hydrogens is 515 g/mol. The van der Waals surface area contributed by atoms with Crippen LogP contribution in [0.1, 0.15) is 23.6 Å². The van der Waals surface area contributed by atoms with Crippen molar-refractivity contribution < 1.29 is 14.3 Å². The molecule has 0 atom stereocenters. The maximum atomic E-state index is 12.1. The second-order valence-corrected chi connectivity index (χ2v) is 8.53. The zero-order valence-corrected chi connectivity index (χ0v) is 20.4. The fourth-order valence-corrected chi connectivity index (χ4v) is 3.47. The molecule has 3 aromatic carbocycles. The lowest BCUT2D eigenvalue weighted by Gasteiger charge is -2.14. The Labute approximate surface area is 205 Å². The van der Waals surface area contributed by atoms with Crippen LogP contribution < -0.4 is 14.9 Å². The number of carbonyl (C=O) groups is 1. The van der Waals surface area contributed by atoms with Crippen molar-refractivity contribution in [1.82, 2.24) is 5.43 Å². The maximum absolute atomic E-state index is 12.1. The van der Waals surface area contributed by atoms with Gasteiger partial charge in [-0.05, 0) is 60.0 Å². The Morgan fingerprint density at radius 2 is 1.72 bits per heavy atom. The van der Waals surface area contributed by atoms with Gasteiger partial charge in [0.05, 0.1) is 24.3 Å². The summed E-state index contributed by atoms with van der Waals surface area (Å²) in [4.78, 5) is 12.1. The molecule has 32 heavy (non-hydrogen) atoms. The molecule has 166 valence electrons. The molecule has 0 aliphatic heterocycles. The Bertz CT molecular complexity index is 1090. The van der Waals surface area contributed by atoms with E-state index in [-0.39, 0.29) is 12.3 Å². The third kappa shape index (κ3) is 7.26. The quantitative estimate of drug-likeness (QED) is 0.254. The first-order valence-corrected chi connectivity index (χ1v) is 11.4. The molecule has 0 aromatic heterocycles. The summed E-state index contributed by atoms with van der Waals surface area (Å²) in [5.74, 6) is 0.721. The Balaban J connectivity index is 1.65. The Morgan fingerprint density at radius 1 is 1.03 bits per heavy atom. The van der Waals surface area contributed by atoms with Gasteiger partial charge < -0.3 is 9.47 Å². The van der Waals surface area contributed by atoms with Crippen molar-refractivity contribution >= 4 is 51.3 Å². The van der Waals surface area contributed by atoms with Crippen molar-refractivity contribution in [3.8, 4) is 11.5 Å². The average Bonchev–Trinajstić information content (AvgIpc) is 2.76. The first-order chi connectivity index (χ1) is 15.4. The second-order valence-electron chi connectivity index (χ2n) is 6.77. The molecule has 3 rings (SSSR count). The number of carbonyl (C=O) groups excluding carboxylic acids is 1. The molecule has 0 aliphatic rings. The van der Waals surface area contributed by atoms with E-state index in [0.29, 0.717) is 40.3 Å². The van der Waals surface area contributed by atoms with Gasteiger partial charge in [0.25, 0.3) is 0 Å². The molecule has 0 saturated carbocycles. The fraction of sp³-hybridized carbons (Fsp3) is 0.167. The zero-order valence-electron chi connectivity index (χ0n) is 17.3. The summed E-state index contributed by atoms with van der Waals surface area (Å²) in [6.07, 6.45) is 1.74. The average molecular weight is 536 g/mol. The van der Waals surface area contributed by atoms with Crippen LogP contribution in [0.4, 0.5) is 0 Å². The zero-order chi connectivity index (χ0) is 22.9. The molecule has 0 fully saturated rings. The second kappa shape index (κ2) is 11.9. The van der Waals surface area contributed by atoms with E-state index in [9.17, 15) is 4.79 Å². The van der Waals surface area contributed by atoms with Crippen molar-refractivity contribution in [2.75, 3.05) is 6.61 Å². The predicted octanol–water partition coefficient (Wildman–Crippen LogP) is 6.43. The summed E-state index contributed by atoms with van der Waals surface area (Å²) in [7, 11) is 0. The molecular formula is C24H21BrCl2N2O3. The lowest BCUT2D eigenvalue weighted by Crippen LogP contribution is -2.19. The van der Waals surface area contributed by atoms with Gasteiger partial charge in [0.1, 0.15) is 6.61 Å².